The topological polar surface area (TPSA) is 119 Å². The number of rotatable bonds is 6. The molecule has 1 unspecified atom stereocenters. The van der Waals surface area contributed by atoms with Crippen molar-refractivity contribution < 1.29 is 26.4 Å². The van der Waals surface area contributed by atoms with Crippen LogP contribution in [0, 0.1) is 0 Å². The molecule has 0 spiro atoms. The molecule has 1 fully saturated rings. The summed E-state index contributed by atoms with van der Waals surface area (Å²) in [6, 6.07) is 13.9. The Morgan fingerprint density at radius 2 is 1.59 bits per heavy atom. The molecule has 1 saturated heterocycles. The molecule has 2 N–H and O–H groups in total. The minimum Gasteiger partial charge on any atom is -0.450 e. The lowest BCUT2D eigenvalue weighted by Crippen LogP contribution is -2.28. The maximum atomic E-state index is 12.4. The lowest BCUT2D eigenvalue weighted by atomic mass is 10.1. The summed E-state index contributed by atoms with van der Waals surface area (Å²) in [4.78, 5) is 11.4. The number of sulfonamides is 1. The molecule has 0 bridgehead atoms. The number of carbonyl (C=O) groups excluding carboxylic acids is 1. The highest BCUT2D eigenvalue weighted by Gasteiger charge is 2.37. The standard InChI is InChI=1S/C19H22N2O6S2/c1-2-27-19(22)20-16-7-3-14(4-8-16)15-5-9-17(10-6-15)21-29(25,26)18-11-12-28(23,24)13-18/h3-10,18,21H,2,11-13H2,1H3,(H,20,22). The van der Waals surface area contributed by atoms with Crippen molar-refractivity contribution in [3.63, 3.8) is 0 Å². The van der Waals surface area contributed by atoms with Crippen LogP contribution in [-0.2, 0) is 24.6 Å². The van der Waals surface area contributed by atoms with Gasteiger partial charge in [-0.3, -0.25) is 10.0 Å². The van der Waals surface area contributed by atoms with Crippen LogP contribution in [0.15, 0.2) is 48.5 Å². The third-order valence-electron chi connectivity index (χ3n) is 4.51. The van der Waals surface area contributed by atoms with Crippen LogP contribution in [0.2, 0.25) is 0 Å². The van der Waals surface area contributed by atoms with Crippen LogP contribution in [0.25, 0.3) is 11.1 Å². The zero-order valence-corrected chi connectivity index (χ0v) is 17.4. The van der Waals surface area contributed by atoms with E-state index in [9.17, 15) is 21.6 Å². The summed E-state index contributed by atoms with van der Waals surface area (Å²) >= 11 is 0. The Labute approximate surface area is 170 Å². The van der Waals surface area contributed by atoms with Crippen molar-refractivity contribution in [2.45, 2.75) is 18.6 Å². The average Bonchev–Trinajstić information content (AvgIpc) is 3.04. The summed E-state index contributed by atoms with van der Waals surface area (Å²) in [5.74, 6) is -0.439. The predicted octanol–water partition coefficient (Wildman–Crippen LogP) is 2.85. The highest BCUT2D eigenvalue weighted by molar-refractivity contribution is 7.97. The monoisotopic (exact) mass is 438 g/mol. The molecule has 2 aromatic carbocycles. The Balaban J connectivity index is 1.66. The summed E-state index contributed by atoms with van der Waals surface area (Å²) < 4.78 is 55.2. The second-order valence-corrected chi connectivity index (χ2v) is 10.9. The van der Waals surface area contributed by atoms with Crippen molar-refractivity contribution in [1.29, 1.82) is 0 Å². The van der Waals surface area contributed by atoms with Gasteiger partial charge < -0.3 is 4.74 Å². The van der Waals surface area contributed by atoms with E-state index in [2.05, 4.69) is 10.0 Å². The van der Waals surface area contributed by atoms with Crippen LogP contribution in [0.1, 0.15) is 13.3 Å². The largest absolute Gasteiger partial charge is 0.450 e. The maximum absolute atomic E-state index is 12.4. The number of anilines is 2. The minimum atomic E-state index is -3.76. The number of hydrogen-bond acceptors (Lipinski definition) is 6. The summed E-state index contributed by atoms with van der Waals surface area (Å²) in [5, 5.41) is 1.68. The van der Waals surface area contributed by atoms with Crippen molar-refractivity contribution >= 4 is 37.3 Å². The maximum Gasteiger partial charge on any atom is 0.411 e. The second-order valence-electron chi connectivity index (χ2n) is 6.67. The average molecular weight is 439 g/mol. The van der Waals surface area contributed by atoms with E-state index in [4.69, 9.17) is 4.74 Å². The van der Waals surface area contributed by atoms with Gasteiger partial charge in [-0.1, -0.05) is 24.3 Å². The van der Waals surface area contributed by atoms with Crippen LogP contribution in [0.5, 0.6) is 0 Å². The number of hydrogen-bond donors (Lipinski definition) is 2. The van der Waals surface area contributed by atoms with Gasteiger partial charge in [0, 0.05) is 11.4 Å². The van der Waals surface area contributed by atoms with Gasteiger partial charge in [-0.2, -0.15) is 0 Å². The molecule has 10 heteroatoms. The van der Waals surface area contributed by atoms with Crippen LogP contribution in [-0.4, -0.2) is 46.3 Å². The van der Waals surface area contributed by atoms with Gasteiger partial charge >= 0.3 is 6.09 Å². The lowest BCUT2D eigenvalue weighted by Gasteiger charge is -2.13. The smallest absolute Gasteiger partial charge is 0.411 e. The second kappa shape index (κ2) is 8.42. The van der Waals surface area contributed by atoms with Gasteiger partial charge in [0.25, 0.3) is 0 Å². The quantitative estimate of drug-likeness (QED) is 0.716. The third kappa shape index (κ3) is 5.48. The number of sulfone groups is 1. The van der Waals surface area contributed by atoms with Crippen molar-refractivity contribution in [1.82, 2.24) is 0 Å². The number of benzene rings is 2. The minimum absolute atomic E-state index is 0.0987. The van der Waals surface area contributed by atoms with Crippen molar-refractivity contribution in [3.8, 4) is 11.1 Å². The first-order valence-electron chi connectivity index (χ1n) is 9.05. The molecule has 1 heterocycles. The Kier molecular flexibility index (Phi) is 6.13. The molecule has 1 aliphatic heterocycles. The van der Waals surface area contributed by atoms with Gasteiger partial charge in [0.2, 0.25) is 10.0 Å². The Hall–Kier alpha value is -2.59. The fourth-order valence-corrected chi connectivity index (χ4v) is 7.11. The summed E-state index contributed by atoms with van der Waals surface area (Å²) in [5.41, 5.74) is 2.72. The fourth-order valence-electron chi connectivity index (χ4n) is 3.01. The van der Waals surface area contributed by atoms with Crippen LogP contribution in [0.3, 0.4) is 0 Å². The van der Waals surface area contributed by atoms with Gasteiger partial charge in [0.15, 0.2) is 9.84 Å². The van der Waals surface area contributed by atoms with Crippen molar-refractivity contribution in [2.75, 3.05) is 28.2 Å². The predicted molar refractivity (Wildman–Crippen MR) is 112 cm³/mol. The first-order chi connectivity index (χ1) is 13.7. The molecule has 8 nitrogen and oxygen atoms in total. The molecule has 0 aromatic heterocycles. The van der Waals surface area contributed by atoms with Crippen LogP contribution < -0.4 is 10.0 Å². The molecule has 1 aliphatic rings. The van der Waals surface area contributed by atoms with Gasteiger partial charge in [-0.15, -0.1) is 0 Å². The van der Waals surface area contributed by atoms with E-state index in [1.54, 1.807) is 43.3 Å². The molecule has 0 radical (unpaired) electrons. The molecular weight excluding hydrogens is 416 g/mol. The molecule has 1 atom stereocenters. The molecule has 2 aromatic rings. The van der Waals surface area contributed by atoms with Crippen molar-refractivity contribution in [2.24, 2.45) is 0 Å². The van der Waals surface area contributed by atoms with Gasteiger partial charge in [-0.25, -0.2) is 21.6 Å². The molecule has 0 aliphatic carbocycles. The van der Waals surface area contributed by atoms with E-state index in [0.29, 0.717) is 11.4 Å². The van der Waals surface area contributed by atoms with E-state index in [1.165, 1.54) is 0 Å². The van der Waals surface area contributed by atoms with Gasteiger partial charge in [0.1, 0.15) is 0 Å². The number of ether oxygens (including phenoxy) is 1. The first kappa shape index (κ1) is 21.1. The Morgan fingerprint density at radius 3 is 2.07 bits per heavy atom. The van der Waals surface area contributed by atoms with Crippen LogP contribution in [0.4, 0.5) is 16.2 Å². The molecule has 156 valence electrons. The summed E-state index contributed by atoms with van der Waals surface area (Å²) in [7, 11) is -7.05. The Bertz CT molecular complexity index is 1080. The molecular formula is C19H22N2O6S2. The molecule has 0 saturated carbocycles. The molecule has 3 rings (SSSR count). The zero-order valence-electron chi connectivity index (χ0n) is 15.8. The Morgan fingerprint density at radius 1 is 1.03 bits per heavy atom. The lowest BCUT2D eigenvalue weighted by molar-refractivity contribution is 0.168. The van der Waals surface area contributed by atoms with Gasteiger partial charge in [0.05, 0.1) is 23.4 Å². The fraction of sp³-hybridized carbons (Fsp3) is 0.316. The molecule has 1 amide bonds. The molecule has 29 heavy (non-hydrogen) atoms. The van der Waals surface area contributed by atoms with Crippen molar-refractivity contribution in [3.05, 3.63) is 48.5 Å². The number of nitrogens with one attached hydrogen (secondary N) is 2. The number of amides is 1. The first-order valence-corrected chi connectivity index (χ1v) is 12.4. The number of carbonyl (C=O) groups is 1. The summed E-state index contributed by atoms with van der Waals surface area (Å²) in [6.07, 6.45) is -0.408. The normalized spacial score (nSPS) is 18.2. The highest BCUT2D eigenvalue weighted by Crippen LogP contribution is 2.25. The third-order valence-corrected chi connectivity index (χ3v) is 8.29. The van der Waals surface area contributed by atoms with Gasteiger partial charge in [-0.05, 0) is 48.7 Å². The van der Waals surface area contributed by atoms with E-state index in [-0.39, 0.29) is 24.5 Å². The van der Waals surface area contributed by atoms with E-state index in [0.717, 1.165) is 11.1 Å². The van der Waals surface area contributed by atoms with E-state index < -0.39 is 31.2 Å². The van der Waals surface area contributed by atoms with E-state index in [1.807, 2.05) is 12.1 Å². The summed E-state index contributed by atoms with van der Waals surface area (Å²) in [6.45, 7) is 2.01. The SMILES string of the molecule is CCOC(=O)Nc1ccc(-c2ccc(NS(=O)(=O)C3CCS(=O)(=O)C3)cc2)cc1. The zero-order chi connectivity index (χ0) is 21.1. The van der Waals surface area contributed by atoms with E-state index >= 15 is 0 Å². The highest BCUT2D eigenvalue weighted by atomic mass is 32.2. The van der Waals surface area contributed by atoms with Crippen LogP contribution >= 0.6 is 0 Å².